The van der Waals surface area contributed by atoms with E-state index in [-0.39, 0.29) is 5.91 Å². The van der Waals surface area contributed by atoms with Crippen LogP contribution in [-0.4, -0.2) is 15.9 Å². The normalized spacial score (nSPS) is 22.0. The molecule has 6 heteroatoms. The Labute approximate surface area is 175 Å². The van der Waals surface area contributed by atoms with Crippen LogP contribution in [0.3, 0.4) is 0 Å². The lowest BCUT2D eigenvalue weighted by Gasteiger charge is -2.31. The van der Waals surface area contributed by atoms with Crippen molar-refractivity contribution >= 4 is 17.3 Å². The van der Waals surface area contributed by atoms with E-state index < -0.39 is 11.0 Å². The number of nitrogens with zero attached hydrogens (tertiary/aromatic N) is 5. The smallest absolute Gasteiger partial charge is 0.240 e. The number of rotatable bonds is 3. The number of carbonyl (C=O) groups excluding carboxylic acids is 1. The predicted molar refractivity (Wildman–Crippen MR) is 114 cm³/mol. The second-order valence-electron chi connectivity index (χ2n) is 8.14. The molecule has 0 saturated carbocycles. The summed E-state index contributed by atoms with van der Waals surface area (Å²) in [6.45, 7) is 5.85. The van der Waals surface area contributed by atoms with Crippen LogP contribution in [0.4, 0.5) is 5.69 Å². The molecule has 2 aromatic heterocycles. The molecule has 0 radical (unpaired) electrons. The molecule has 0 aliphatic carbocycles. The molecule has 4 heterocycles. The molecule has 1 amide bonds. The Balaban J connectivity index is 1.84. The van der Waals surface area contributed by atoms with Crippen molar-refractivity contribution in [3.8, 4) is 0 Å². The van der Waals surface area contributed by atoms with Crippen LogP contribution in [0.15, 0.2) is 89.0 Å². The van der Waals surface area contributed by atoms with Crippen molar-refractivity contribution in [1.29, 1.82) is 0 Å². The number of pyridine rings is 2. The molecule has 6 nitrogen and oxygen atoms in total. The van der Waals surface area contributed by atoms with E-state index >= 15 is 0 Å². The summed E-state index contributed by atoms with van der Waals surface area (Å²) in [4.78, 5) is 24.7. The first kappa shape index (κ1) is 18.4. The molecule has 1 saturated heterocycles. The number of carbonyl (C=O) groups is 1. The first-order valence-electron chi connectivity index (χ1n) is 9.88. The van der Waals surface area contributed by atoms with E-state index in [9.17, 15) is 4.79 Å². The third-order valence-corrected chi connectivity index (χ3v) is 5.97. The lowest BCUT2D eigenvalue weighted by molar-refractivity contribution is -0.125. The van der Waals surface area contributed by atoms with Crippen molar-refractivity contribution in [3.05, 3.63) is 95.7 Å². The van der Waals surface area contributed by atoms with Gasteiger partial charge in [0, 0.05) is 18.1 Å². The maximum atomic E-state index is 13.8. The Morgan fingerprint density at radius 2 is 1.57 bits per heavy atom. The van der Waals surface area contributed by atoms with E-state index in [1.54, 1.807) is 17.3 Å². The number of aromatic nitrogens is 2. The standard InChI is InChI=1S/C24H21N5O/c1-16-10-12-17(13-11-16)29-21-20(18-8-4-6-14-25-18)27-28-24(21,23(2,3)22(29)30)19-9-5-7-15-26-19/h4-15H,1-3H3. The third-order valence-electron chi connectivity index (χ3n) is 5.97. The quantitative estimate of drug-likeness (QED) is 0.634. The molecule has 5 rings (SSSR count). The Hall–Kier alpha value is -3.67. The van der Waals surface area contributed by atoms with Gasteiger partial charge in [-0.3, -0.25) is 19.7 Å². The molecule has 2 aliphatic rings. The molecular formula is C24H21N5O. The van der Waals surface area contributed by atoms with Gasteiger partial charge >= 0.3 is 0 Å². The van der Waals surface area contributed by atoms with Gasteiger partial charge < -0.3 is 0 Å². The van der Waals surface area contributed by atoms with Crippen LogP contribution < -0.4 is 4.90 Å². The molecule has 0 spiro atoms. The largest absolute Gasteiger partial charge is 0.279 e. The maximum Gasteiger partial charge on any atom is 0.240 e. The summed E-state index contributed by atoms with van der Waals surface area (Å²) in [7, 11) is 0. The summed E-state index contributed by atoms with van der Waals surface area (Å²) in [5.41, 5.74) is 2.68. The molecule has 1 fully saturated rings. The van der Waals surface area contributed by atoms with Gasteiger partial charge in [0.15, 0.2) is 5.54 Å². The van der Waals surface area contributed by atoms with E-state index in [4.69, 9.17) is 5.11 Å². The molecule has 30 heavy (non-hydrogen) atoms. The Bertz CT molecular complexity index is 1180. The fourth-order valence-corrected chi connectivity index (χ4v) is 4.30. The lowest BCUT2D eigenvalue weighted by atomic mass is 9.71. The van der Waals surface area contributed by atoms with Gasteiger partial charge in [-0.15, -0.1) is 0 Å². The van der Waals surface area contributed by atoms with E-state index in [0.717, 1.165) is 11.3 Å². The van der Waals surface area contributed by atoms with E-state index in [1.165, 1.54) is 0 Å². The molecule has 0 bridgehead atoms. The van der Waals surface area contributed by atoms with Gasteiger partial charge in [0.25, 0.3) is 0 Å². The van der Waals surface area contributed by atoms with Crippen molar-refractivity contribution in [3.63, 3.8) is 0 Å². The number of fused-ring (bicyclic) bond motifs is 1. The molecule has 0 N–H and O–H groups in total. The highest BCUT2D eigenvalue weighted by molar-refractivity contribution is 6.08. The summed E-state index contributed by atoms with van der Waals surface area (Å²) in [5, 5.41) is 9.31. The van der Waals surface area contributed by atoms with Gasteiger partial charge in [0.1, 0.15) is 5.70 Å². The van der Waals surface area contributed by atoms with Crippen LogP contribution >= 0.6 is 0 Å². The van der Waals surface area contributed by atoms with Crippen molar-refractivity contribution < 1.29 is 4.79 Å². The summed E-state index contributed by atoms with van der Waals surface area (Å²) in [6.07, 6.45) is 3.45. The third kappa shape index (κ3) is 2.33. The van der Waals surface area contributed by atoms with E-state index in [0.29, 0.717) is 22.8 Å². The molecule has 1 unspecified atom stereocenters. The van der Waals surface area contributed by atoms with Crippen molar-refractivity contribution in [2.75, 3.05) is 4.90 Å². The van der Waals surface area contributed by atoms with Crippen LogP contribution in [0.1, 0.15) is 30.8 Å². The monoisotopic (exact) mass is 395 g/mol. The van der Waals surface area contributed by atoms with Crippen molar-refractivity contribution in [2.45, 2.75) is 26.3 Å². The lowest BCUT2D eigenvalue weighted by Crippen LogP contribution is -2.40. The number of amides is 1. The number of azo groups is 1. The summed E-state index contributed by atoms with van der Waals surface area (Å²) in [5.74, 6) is -0.0425. The fraction of sp³-hybridized carbons (Fsp3) is 0.208. The highest BCUT2D eigenvalue weighted by atomic mass is 16.2. The minimum Gasteiger partial charge on any atom is -0.279 e. The Morgan fingerprint density at radius 1 is 0.867 bits per heavy atom. The highest BCUT2D eigenvalue weighted by Gasteiger charge is 2.67. The van der Waals surface area contributed by atoms with E-state index in [1.807, 2.05) is 81.4 Å². The molecule has 148 valence electrons. The highest BCUT2D eigenvalue weighted by Crippen LogP contribution is 2.61. The molecular weight excluding hydrogens is 374 g/mol. The summed E-state index contributed by atoms with van der Waals surface area (Å²) < 4.78 is 0. The molecule has 3 aromatic rings. The summed E-state index contributed by atoms with van der Waals surface area (Å²) in [6, 6.07) is 19.3. The van der Waals surface area contributed by atoms with Gasteiger partial charge in [-0.1, -0.05) is 29.8 Å². The number of anilines is 1. The molecule has 1 atom stereocenters. The molecule has 2 aliphatic heterocycles. The van der Waals surface area contributed by atoms with Gasteiger partial charge in [0.05, 0.1) is 22.5 Å². The second-order valence-corrected chi connectivity index (χ2v) is 8.14. The average Bonchev–Trinajstić information content (AvgIpc) is 3.25. The minimum atomic E-state index is -1.02. The minimum absolute atomic E-state index is 0.0425. The topological polar surface area (TPSA) is 70.8 Å². The van der Waals surface area contributed by atoms with Crippen molar-refractivity contribution in [1.82, 2.24) is 9.97 Å². The first-order chi connectivity index (χ1) is 14.5. The van der Waals surface area contributed by atoms with Crippen LogP contribution in [0.2, 0.25) is 0 Å². The number of hydrogen-bond donors (Lipinski definition) is 0. The number of benzene rings is 1. The van der Waals surface area contributed by atoms with Crippen LogP contribution in [0.25, 0.3) is 5.70 Å². The number of aryl methyl sites for hydroxylation is 1. The maximum absolute atomic E-state index is 13.8. The molecule has 1 aromatic carbocycles. The fourth-order valence-electron chi connectivity index (χ4n) is 4.30. The van der Waals surface area contributed by atoms with Gasteiger partial charge in [-0.2, -0.15) is 10.2 Å². The average molecular weight is 395 g/mol. The van der Waals surface area contributed by atoms with Gasteiger partial charge in [-0.25, -0.2) is 0 Å². The Kier molecular flexibility index (Phi) is 3.93. The zero-order chi connectivity index (χ0) is 20.9. The summed E-state index contributed by atoms with van der Waals surface area (Å²) >= 11 is 0. The number of hydrogen-bond acceptors (Lipinski definition) is 5. The Morgan fingerprint density at radius 3 is 2.20 bits per heavy atom. The van der Waals surface area contributed by atoms with Crippen LogP contribution in [0.5, 0.6) is 0 Å². The van der Waals surface area contributed by atoms with Crippen LogP contribution in [0, 0.1) is 12.3 Å². The van der Waals surface area contributed by atoms with Crippen molar-refractivity contribution in [2.24, 2.45) is 15.6 Å². The first-order valence-corrected chi connectivity index (χ1v) is 9.88. The van der Waals surface area contributed by atoms with Gasteiger partial charge in [-0.05, 0) is 57.2 Å². The zero-order valence-corrected chi connectivity index (χ0v) is 17.1. The second kappa shape index (κ2) is 6.42. The van der Waals surface area contributed by atoms with E-state index in [2.05, 4.69) is 15.1 Å². The van der Waals surface area contributed by atoms with Crippen LogP contribution in [-0.2, 0) is 10.3 Å². The SMILES string of the molecule is Cc1ccc(N2C(=O)C(C)(C)C3(c4ccccn4)N=NC(c4ccccn4)=C23)cc1. The zero-order valence-electron chi connectivity index (χ0n) is 17.1. The van der Waals surface area contributed by atoms with Gasteiger partial charge in [0.2, 0.25) is 5.91 Å². The predicted octanol–water partition coefficient (Wildman–Crippen LogP) is 4.89.